The Hall–Kier alpha value is -1.75. The molecule has 0 saturated carbocycles. The molecule has 1 atom stereocenters. The number of amides is 1. The average Bonchev–Trinajstić information content (AvgIpc) is 2.54. The summed E-state index contributed by atoms with van der Waals surface area (Å²) in [5.41, 5.74) is 7.21. The van der Waals surface area contributed by atoms with Gasteiger partial charge in [-0.1, -0.05) is 41.4 Å². The fourth-order valence-electron chi connectivity index (χ4n) is 2.03. The molecule has 3 N–H and O–H groups in total. The largest absolute Gasteiger partial charge is 0.484 e. The Morgan fingerprint density at radius 1 is 1.17 bits per heavy atom. The Kier molecular flexibility index (Phi) is 6.28. The molecule has 4 nitrogen and oxygen atoms in total. The van der Waals surface area contributed by atoms with E-state index in [-0.39, 0.29) is 12.6 Å². The number of benzene rings is 2. The third kappa shape index (κ3) is 5.43. The van der Waals surface area contributed by atoms with E-state index in [0.717, 1.165) is 11.1 Å². The lowest BCUT2D eigenvalue weighted by molar-refractivity contribution is -0.119. The SMILES string of the molecule is C[C@H](NCc1ccc(OCC(N)=O)cc1)c1ccc(Cl)c(Cl)c1. The second-order valence-corrected chi connectivity index (χ2v) is 5.99. The second-order valence-electron chi connectivity index (χ2n) is 5.18. The van der Waals surface area contributed by atoms with Crippen LogP contribution in [0.5, 0.6) is 5.75 Å². The van der Waals surface area contributed by atoms with Crippen LogP contribution in [0.15, 0.2) is 42.5 Å². The molecule has 0 fully saturated rings. The summed E-state index contributed by atoms with van der Waals surface area (Å²) in [5, 5.41) is 4.51. The zero-order valence-corrected chi connectivity index (χ0v) is 14.2. The molecule has 0 bridgehead atoms. The molecule has 6 heteroatoms. The standard InChI is InChI=1S/C17H18Cl2N2O2/c1-11(13-4-7-15(18)16(19)8-13)21-9-12-2-5-14(6-3-12)23-10-17(20)22/h2-8,11,21H,9-10H2,1H3,(H2,20,22)/t11-/m0/s1. The first-order valence-corrected chi connectivity index (χ1v) is 7.89. The number of carbonyl (C=O) groups is 1. The van der Waals surface area contributed by atoms with E-state index in [9.17, 15) is 4.79 Å². The predicted octanol–water partition coefficient (Wildman–Crippen LogP) is 3.71. The number of ether oxygens (including phenoxy) is 1. The Morgan fingerprint density at radius 2 is 1.87 bits per heavy atom. The van der Waals surface area contributed by atoms with Crippen molar-refractivity contribution in [2.24, 2.45) is 5.73 Å². The maximum Gasteiger partial charge on any atom is 0.255 e. The minimum atomic E-state index is -0.494. The molecule has 0 aliphatic heterocycles. The van der Waals surface area contributed by atoms with E-state index < -0.39 is 5.91 Å². The highest BCUT2D eigenvalue weighted by Gasteiger charge is 2.07. The second kappa shape index (κ2) is 8.20. The summed E-state index contributed by atoms with van der Waals surface area (Å²) in [6.07, 6.45) is 0. The van der Waals surface area contributed by atoms with Gasteiger partial charge in [-0.2, -0.15) is 0 Å². The maximum absolute atomic E-state index is 10.7. The first kappa shape index (κ1) is 17.6. The zero-order valence-electron chi connectivity index (χ0n) is 12.7. The molecular weight excluding hydrogens is 335 g/mol. The predicted molar refractivity (Wildman–Crippen MR) is 92.8 cm³/mol. The van der Waals surface area contributed by atoms with Gasteiger partial charge in [0.15, 0.2) is 6.61 Å². The molecule has 0 heterocycles. The molecule has 0 aliphatic carbocycles. The number of nitrogens with two attached hydrogens (primary N) is 1. The third-order valence-corrected chi connectivity index (χ3v) is 4.10. The molecule has 23 heavy (non-hydrogen) atoms. The van der Waals surface area contributed by atoms with Gasteiger partial charge in [-0.25, -0.2) is 0 Å². The normalized spacial score (nSPS) is 12.0. The van der Waals surface area contributed by atoms with Crippen LogP contribution in [0.3, 0.4) is 0 Å². The highest BCUT2D eigenvalue weighted by atomic mass is 35.5. The minimum absolute atomic E-state index is 0.119. The summed E-state index contributed by atoms with van der Waals surface area (Å²) in [6, 6.07) is 13.2. The molecule has 122 valence electrons. The van der Waals surface area contributed by atoms with Crippen LogP contribution >= 0.6 is 23.2 Å². The van der Waals surface area contributed by atoms with Gasteiger partial charge < -0.3 is 15.8 Å². The summed E-state index contributed by atoms with van der Waals surface area (Å²) in [7, 11) is 0. The van der Waals surface area contributed by atoms with Crippen molar-refractivity contribution < 1.29 is 9.53 Å². The molecule has 0 radical (unpaired) electrons. The number of hydrogen-bond donors (Lipinski definition) is 2. The van der Waals surface area contributed by atoms with Crippen molar-refractivity contribution in [2.45, 2.75) is 19.5 Å². The number of carbonyl (C=O) groups excluding carboxylic acids is 1. The number of rotatable bonds is 7. The monoisotopic (exact) mass is 352 g/mol. The summed E-state index contributed by atoms with van der Waals surface area (Å²) in [5.74, 6) is 0.122. The fraction of sp³-hybridized carbons (Fsp3) is 0.235. The number of primary amides is 1. The molecule has 0 aromatic heterocycles. The summed E-state index contributed by atoms with van der Waals surface area (Å²) >= 11 is 12.0. The van der Waals surface area contributed by atoms with E-state index in [2.05, 4.69) is 12.2 Å². The quantitative estimate of drug-likeness (QED) is 0.798. The van der Waals surface area contributed by atoms with Gasteiger partial charge in [0.1, 0.15) is 5.75 Å². The van der Waals surface area contributed by atoms with Crippen LogP contribution in [0.2, 0.25) is 10.0 Å². The van der Waals surface area contributed by atoms with E-state index in [0.29, 0.717) is 22.3 Å². The topological polar surface area (TPSA) is 64.3 Å². The Bertz CT molecular complexity index is 675. The molecule has 0 spiro atoms. The van der Waals surface area contributed by atoms with Gasteiger partial charge in [0.25, 0.3) is 5.91 Å². The van der Waals surface area contributed by atoms with Gasteiger partial charge in [0.2, 0.25) is 0 Å². The van der Waals surface area contributed by atoms with Crippen molar-refractivity contribution >= 4 is 29.1 Å². The number of hydrogen-bond acceptors (Lipinski definition) is 3. The van der Waals surface area contributed by atoms with Gasteiger partial charge in [-0.05, 0) is 42.3 Å². The molecule has 2 rings (SSSR count). The van der Waals surface area contributed by atoms with Gasteiger partial charge >= 0.3 is 0 Å². The smallest absolute Gasteiger partial charge is 0.255 e. The average molecular weight is 353 g/mol. The lowest BCUT2D eigenvalue weighted by Gasteiger charge is -2.15. The van der Waals surface area contributed by atoms with E-state index in [1.54, 1.807) is 6.07 Å². The van der Waals surface area contributed by atoms with E-state index in [4.69, 9.17) is 33.7 Å². The molecule has 0 unspecified atom stereocenters. The van der Waals surface area contributed by atoms with Crippen molar-refractivity contribution in [3.05, 3.63) is 63.6 Å². The molecule has 1 amide bonds. The highest BCUT2D eigenvalue weighted by molar-refractivity contribution is 6.42. The van der Waals surface area contributed by atoms with Crippen LogP contribution in [-0.2, 0) is 11.3 Å². The first-order chi connectivity index (χ1) is 11.0. The van der Waals surface area contributed by atoms with Crippen molar-refractivity contribution in [3.63, 3.8) is 0 Å². The molecule has 2 aromatic rings. The summed E-state index contributed by atoms with van der Waals surface area (Å²) in [6.45, 7) is 2.63. The van der Waals surface area contributed by atoms with Crippen molar-refractivity contribution in [2.75, 3.05) is 6.61 Å². The van der Waals surface area contributed by atoms with Crippen molar-refractivity contribution in [3.8, 4) is 5.75 Å². The lowest BCUT2D eigenvalue weighted by atomic mass is 10.1. The summed E-state index contributed by atoms with van der Waals surface area (Å²) in [4.78, 5) is 10.7. The van der Waals surface area contributed by atoms with E-state index in [1.807, 2.05) is 36.4 Å². The van der Waals surface area contributed by atoms with Crippen LogP contribution in [-0.4, -0.2) is 12.5 Å². The van der Waals surface area contributed by atoms with E-state index in [1.165, 1.54) is 0 Å². The highest BCUT2D eigenvalue weighted by Crippen LogP contribution is 2.25. The van der Waals surface area contributed by atoms with Gasteiger partial charge in [-0.15, -0.1) is 0 Å². The third-order valence-electron chi connectivity index (χ3n) is 3.36. The number of nitrogens with one attached hydrogen (secondary N) is 1. The maximum atomic E-state index is 10.7. The molecular formula is C17H18Cl2N2O2. The summed E-state index contributed by atoms with van der Waals surface area (Å²) < 4.78 is 5.22. The molecule has 0 saturated heterocycles. The first-order valence-electron chi connectivity index (χ1n) is 7.14. The van der Waals surface area contributed by atoms with Crippen molar-refractivity contribution in [1.82, 2.24) is 5.32 Å². The van der Waals surface area contributed by atoms with Gasteiger partial charge in [-0.3, -0.25) is 4.79 Å². The van der Waals surface area contributed by atoms with E-state index >= 15 is 0 Å². The Morgan fingerprint density at radius 3 is 2.48 bits per heavy atom. The van der Waals surface area contributed by atoms with Crippen LogP contribution in [0.25, 0.3) is 0 Å². The van der Waals surface area contributed by atoms with Crippen LogP contribution < -0.4 is 15.8 Å². The number of halogens is 2. The Balaban J connectivity index is 1.89. The van der Waals surface area contributed by atoms with Crippen molar-refractivity contribution in [1.29, 1.82) is 0 Å². The minimum Gasteiger partial charge on any atom is -0.484 e. The van der Waals surface area contributed by atoms with Crippen LogP contribution in [0.4, 0.5) is 0 Å². The van der Waals surface area contributed by atoms with Crippen LogP contribution in [0, 0.1) is 0 Å². The lowest BCUT2D eigenvalue weighted by Crippen LogP contribution is -2.20. The zero-order chi connectivity index (χ0) is 16.8. The molecule has 2 aromatic carbocycles. The van der Waals surface area contributed by atoms with Gasteiger partial charge in [0.05, 0.1) is 10.0 Å². The fourth-order valence-corrected chi connectivity index (χ4v) is 2.34. The van der Waals surface area contributed by atoms with Gasteiger partial charge in [0, 0.05) is 12.6 Å². The van der Waals surface area contributed by atoms with Crippen LogP contribution in [0.1, 0.15) is 24.1 Å². The molecule has 0 aliphatic rings. The Labute approximate surface area is 145 Å².